The van der Waals surface area contributed by atoms with Gasteiger partial charge in [-0.05, 0) is 79.0 Å². The number of nitrogens with zero attached hydrogens (tertiary/aromatic N) is 1. The van der Waals surface area contributed by atoms with Gasteiger partial charge in [-0.25, -0.2) is 10.2 Å². The molecule has 3 N–H and O–H groups in total. The summed E-state index contributed by atoms with van der Waals surface area (Å²) in [5.74, 6) is 0.279. The number of hydrazone groups is 1. The fourth-order valence-corrected chi connectivity index (χ4v) is 5.74. The highest BCUT2D eigenvalue weighted by Crippen LogP contribution is 2.35. The van der Waals surface area contributed by atoms with Crippen LogP contribution in [0.3, 0.4) is 0 Å². The van der Waals surface area contributed by atoms with Crippen molar-refractivity contribution >= 4 is 81.2 Å². The summed E-state index contributed by atoms with van der Waals surface area (Å²) < 4.78 is 23.6. The van der Waals surface area contributed by atoms with Gasteiger partial charge in [-0.15, -0.1) is 0 Å². The second-order valence-corrected chi connectivity index (χ2v) is 12.0. The molecule has 0 aliphatic carbocycles. The van der Waals surface area contributed by atoms with Gasteiger partial charge in [-0.1, -0.05) is 47.5 Å². The van der Waals surface area contributed by atoms with Gasteiger partial charge in [0, 0.05) is 36.0 Å². The lowest BCUT2D eigenvalue weighted by Crippen LogP contribution is -2.45. The third kappa shape index (κ3) is 9.00. The third-order valence-corrected chi connectivity index (χ3v) is 7.83. The molecule has 0 fully saturated rings. The minimum atomic E-state index is -0.646. The van der Waals surface area contributed by atoms with Crippen molar-refractivity contribution in [1.29, 1.82) is 0 Å². The monoisotopic (exact) mass is 782 g/mol. The van der Waals surface area contributed by atoms with E-state index in [4.69, 9.17) is 54.4 Å². The zero-order valence-electron chi connectivity index (χ0n) is 24.4. The number of halogens is 3. The van der Waals surface area contributed by atoms with Crippen LogP contribution in [-0.2, 0) is 20.9 Å². The smallest absolute Gasteiger partial charge is 0.338 e. The van der Waals surface area contributed by atoms with E-state index in [1.807, 2.05) is 12.1 Å². The van der Waals surface area contributed by atoms with Crippen LogP contribution in [0.2, 0.25) is 10.0 Å². The second kappa shape index (κ2) is 16.1. The maximum atomic E-state index is 12.8. The lowest BCUT2D eigenvalue weighted by atomic mass is 9.95. The summed E-state index contributed by atoms with van der Waals surface area (Å²) in [7, 11) is 1.53. The number of esters is 1. The van der Waals surface area contributed by atoms with Crippen molar-refractivity contribution in [1.82, 2.24) is 16.1 Å². The number of rotatable bonds is 12. The van der Waals surface area contributed by atoms with Gasteiger partial charge in [0.25, 0.3) is 5.91 Å². The van der Waals surface area contributed by atoms with Gasteiger partial charge >= 0.3 is 5.97 Å². The minimum absolute atomic E-state index is 0.149. The molecule has 4 rings (SSSR count). The van der Waals surface area contributed by atoms with E-state index in [2.05, 4.69) is 43.8 Å². The molecule has 0 spiro atoms. The van der Waals surface area contributed by atoms with Gasteiger partial charge in [0.15, 0.2) is 23.2 Å². The first kappa shape index (κ1) is 34.3. The maximum Gasteiger partial charge on any atom is 0.338 e. The summed E-state index contributed by atoms with van der Waals surface area (Å²) in [4.78, 5) is 25.5. The Bertz CT molecular complexity index is 1670. The number of benzene rings is 3. The predicted octanol–water partition coefficient (Wildman–Crippen LogP) is 6.07. The van der Waals surface area contributed by atoms with E-state index in [-0.39, 0.29) is 19.8 Å². The number of thiocarbonyl (C=S) groups is 1. The first-order valence-corrected chi connectivity index (χ1v) is 15.8. The number of nitrogens with one attached hydrogen (secondary N) is 3. The standard InChI is InChI=1S/C31H29Cl2IN4O6S/c1-4-42-30(40)27-17(2)36-31(45)37-28(27)22-7-5-6-8-24(22)43-16-26(39)38-35-14-19-11-21(34)13-25(41-3)29(19)44-15-18-9-10-20(32)12-23(18)33/h5-14,28H,4,15-16H2,1-3H3,(H,38,39)(H2,36,37,45)/t28-/m0/s1. The van der Waals surface area contributed by atoms with Crippen LogP contribution in [0, 0.1) is 3.57 Å². The number of carbonyl (C=O) groups excluding carboxylic acids is 2. The van der Waals surface area contributed by atoms with Crippen molar-refractivity contribution in [3.8, 4) is 17.2 Å². The lowest BCUT2D eigenvalue weighted by Gasteiger charge is -2.30. The highest BCUT2D eigenvalue weighted by molar-refractivity contribution is 14.1. The first-order chi connectivity index (χ1) is 21.6. The van der Waals surface area contributed by atoms with Crippen LogP contribution < -0.4 is 30.3 Å². The highest BCUT2D eigenvalue weighted by atomic mass is 127. The van der Waals surface area contributed by atoms with Crippen LogP contribution in [0.25, 0.3) is 0 Å². The summed E-state index contributed by atoms with van der Waals surface area (Å²) in [5.41, 5.74) is 5.30. The Balaban J connectivity index is 1.46. The second-order valence-electron chi connectivity index (χ2n) is 9.46. The molecule has 0 bridgehead atoms. The van der Waals surface area contributed by atoms with E-state index in [9.17, 15) is 9.59 Å². The van der Waals surface area contributed by atoms with Crippen molar-refractivity contribution < 1.29 is 28.5 Å². The summed E-state index contributed by atoms with van der Waals surface area (Å²) in [6, 6.07) is 15.2. The quantitative estimate of drug-likeness (QED) is 0.0662. The molecule has 3 aromatic carbocycles. The number of allylic oxidation sites excluding steroid dienone is 1. The van der Waals surface area contributed by atoms with E-state index in [1.54, 1.807) is 56.3 Å². The Morgan fingerprint density at radius 3 is 2.62 bits per heavy atom. The topological polar surface area (TPSA) is 120 Å². The Kier molecular flexibility index (Phi) is 12.3. The summed E-state index contributed by atoms with van der Waals surface area (Å²) in [5, 5.41) is 11.5. The summed E-state index contributed by atoms with van der Waals surface area (Å²) >= 11 is 19.8. The van der Waals surface area contributed by atoms with Crippen LogP contribution in [0.15, 0.2) is 71.0 Å². The van der Waals surface area contributed by atoms with Gasteiger partial charge in [0.2, 0.25) is 0 Å². The molecular weight excluding hydrogens is 754 g/mol. The van der Waals surface area contributed by atoms with Crippen LogP contribution in [0.1, 0.15) is 36.6 Å². The molecule has 3 aromatic rings. The average molecular weight is 783 g/mol. The van der Waals surface area contributed by atoms with E-state index in [1.165, 1.54) is 13.3 Å². The molecule has 1 atom stereocenters. The van der Waals surface area contributed by atoms with Crippen LogP contribution in [0.4, 0.5) is 0 Å². The molecule has 10 nitrogen and oxygen atoms in total. The molecule has 0 unspecified atom stereocenters. The van der Waals surface area contributed by atoms with Crippen molar-refractivity contribution in [2.45, 2.75) is 26.5 Å². The number of amides is 1. The van der Waals surface area contributed by atoms with E-state index < -0.39 is 17.9 Å². The minimum Gasteiger partial charge on any atom is -0.493 e. The highest BCUT2D eigenvalue weighted by Gasteiger charge is 2.32. The zero-order chi connectivity index (χ0) is 32.5. The fourth-order valence-electron chi connectivity index (χ4n) is 4.39. The number of carbonyl (C=O) groups is 2. The maximum absolute atomic E-state index is 12.8. The lowest BCUT2D eigenvalue weighted by molar-refractivity contribution is -0.139. The van der Waals surface area contributed by atoms with Crippen molar-refractivity contribution in [2.24, 2.45) is 5.10 Å². The number of methoxy groups -OCH3 is 1. The molecule has 1 aliphatic rings. The first-order valence-electron chi connectivity index (χ1n) is 13.5. The Morgan fingerprint density at radius 1 is 1.11 bits per heavy atom. The number of ether oxygens (including phenoxy) is 4. The van der Waals surface area contributed by atoms with Gasteiger partial charge in [-0.2, -0.15) is 5.10 Å². The normalized spacial score (nSPS) is 14.4. The van der Waals surface area contributed by atoms with Gasteiger partial charge in [-0.3, -0.25) is 4.79 Å². The van der Waals surface area contributed by atoms with Gasteiger partial charge < -0.3 is 29.6 Å². The predicted molar refractivity (Wildman–Crippen MR) is 185 cm³/mol. The molecule has 0 radical (unpaired) electrons. The van der Waals surface area contributed by atoms with E-state index >= 15 is 0 Å². The molecule has 0 aromatic heterocycles. The van der Waals surface area contributed by atoms with Crippen LogP contribution in [0.5, 0.6) is 17.2 Å². The molecule has 1 heterocycles. The molecule has 1 amide bonds. The Hall–Kier alpha value is -3.59. The Morgan fingerprint density at radius 2 is 1.89 bits per heavy atom. The molecule has 0 saturated heterocycles. The van der Waals surface area contributed by atoms with E-state index in [0.717, 1.165) is 9.13 Å². The molecule has 45 heavy (non-hydrogen) atoms. The number of hydrogen-bond donors (Lipinski definition) is 3. The summed E-state index contributed by atoms with van der Waals surface area (Å²) in [6.45, 7) is 3.49. The molecule has 1 aliphatic heterocycles. The zero-order valence-corrected chi connectivity index (χ0v) is 28.9. The molecule has 14 heteroatoms. The fraction of sp³-hybridized carbons (Fsp3) is 0.226. The van der Waals surface area contributed by atoms with E-state index in [0.29, 0.717) is 54.8 Å². The summed E-state index contributed by atoms with van der Waals surface area (Å²) in [6.07, 6.45) is 1.45. The van der Waals surface area contributed by atoms with Gasteiger partial charge in [0.05, 0.1) is 31.5 Å². The van der Waals surface area contributed by atoms with Crippen molar-refractivity contribution in [2.75, 3.05) is 20.3 Å². The molecule has 236 valence electrons. The van der Waals surface area contributed by atoms with Crippen molar-refractivity contribution in [3.05, 3.63) is 96.2 Å². The van der Waals surface area contributed by atoms with Gasteiger partial charge in [0.1, 0.15) is 12.4 Å². The third-order valence-electron chi connectivity index (χ3n) is 6.40. The molecular formula is C31H29Cl2IN4O6S. The van der Waals surface area contributed by atoms with Crippen LogP contribution >= 0.6 is 58.0 Å². The largest absolute Gasteiger partial charge is 0.493 e. The molecule has 0 saturated carbocycles. The SMILES string of the molecule is CCOC(=O)C1=C(C)NC(=S)N[C@H]1c1ccccc1OCC(=O)NN=Cc1cc(I)cc(OC)c1OCc1ccc(Cl)cc1Cl. The number of hydrogen-bond acceptors (Lipinski definition) is 8. The number of para-hydroxylation sites is 1. The Labute approximate surface area is 289 Å². The van der Waals surface area contributed by atoms with Crippen LogP contribution in [-0.4, -0.2) is 43.5 Å². The van der Waals surface area contributed by atoms with Crippen molar-refractivity contribution in [3.63, 3.8) is 0 Å². The average Bonchev–Trinajstić information content (AvgIpc) is 2.99.